The molecular weight excluding hydrogens is 490 g/mol. The Morgan fingerprint density at radius 3 is 2.63 bits per heavy atom. The third-order valence-electron chi connectivity index (χ3n) is 5.40. The molecule has 1 aliphatic rings. The lowest BCUT2D eigenvalue weighted by atomic mass is 10.0. The SMILES string of the molecule is COc1cnc(Cl)cc1-c1cc(C)ncc1C(=O)Nc1nc2c(s1)CN(C(=O)c1cncnc1)C2. The molecule has 35 heavy (non-hydrogen) atoms. The molecule has 0 aromatic carbocycles. The number of amides is 2. The van der Waals surface area contributed by atoms with Gasteiger partial charge in [0.2, 0.25) is 0 Å². The van der Waals surface area contributed by atoms with Crippen molar-refractivity contribution in [1.82, 2.24) is 29.8 Å². The third-order valence-corrected chi connectivity index (χ3v) is 6.60. The van der Waals surface area contributed by atoms with Gasteiger partial charge in [0.25, 0.3) is 11.8 Å². The quantitative estimate of drug-likeness (QED) is 0.405. The van der Waals surface area contributed by atoms with E-state index in [-0.39, 0.29) is 17.0 Å². The predicted molar refractivity (Wildman–Crippen MR) is 129 cm³/mol. The maximum atomic E-state index is 13.2. The van der Waals surface area contributed by atoms with Crippen LogP contribution in [0, 0.1) is 6.92 Å². The number of carbonyl (C=O) groups is 2. The van der Waals surface area contributed by atoms with Crippen molar-refractivity contribution in [2.45, 2.75) is 20.0 Å². The summed E-state index contributed by atoms with van der Waals surface area (Å²) in [6.45, 7) is 2.58. The first-order chi connectivity index (χ1) is 16.9. The summed E-state index contributed by atoms with van der Waals surface area (Å²) in [7, 11) is 1.53. The highest BCUT2D eigenvalue weighted by molar-refractivity contribution is 7.16. The minimum absolute atomic E-state index is 0.165. The molecule has 4 aromatic heterocycles. The monoisotopic (exact) mass is 507 g/mol. The van der Waals surface area contributed by atoms with Gasteiger partial charge in [-0.15, -0.1) is 0 Å². The largest absolute Gasteiger partial charge is 0.494 e. The van der Waals surface area contributed by atoms with Gasteiger partial charge in [0.15, 0.2) is 5.13 Å². The highest BCUT2D eigenvalue weighted by Gasteiger charge is 2.29. The minimum Gasteiger partial charge on any atom is -0.494 e. The summed E-state index contributed by atoms with van der Waals surface area (Å²) in [6, 6.07) is 3.44. The van der Waals surface area contributed by atoms with E-state index < -0.39 is 0 Å². The molecule has 0 spiro atoms. The Kier molecular flexibility index (Phi) is 6.10. The molecule has 0 saturated carbocycles. The molecule has 176 valence electrons. The molecule has 0 bridgehead atoms. The van der Waals surface area contributed by atoms with Crippen molar-refractivity contribution < 1.29 is 14.3 Å². The lowest BCUT2D eigenvalue weighted by Crippen LogP contribution is -2.25. The number of aryl methyl sites for hydroxylation is 1. The molecule has 5 heterocycles. The smallest absolute Gasteiger partial charge is 0.259 e. The van der Waals surface area contributed by atoms with Crippen molar-refractivity contribution in [2.24, 2.45) is 0 Å². The summed E-state index contributed by atoms with van der Waals surface area (Å²) in [4.78, 5) is 49.1. The van der Waals surface area contributed by atoms with Gasteiger partial charge < -0.3 is 9.64 Å². The van der Waals surface area contributed by atoms with E-state index in [4.69, 9.17) is 16.3 Å². The van der Waals surface area contributed by atoms with Crippen LogP contribution in [0.5, 0.6) is 5.75 Å². The second-order valence-electron chi connectivity index (χ2n) is 7.71. The molecule has 4 aromatic rings. The van der Waals surface area contributed by atoms with Crippen LogP contribution in [0.3, 0.4) is 0 Å². The second-order valence-corrected chi connectivity index (χ2v) is 9.18. The molecule has 2 amide bonds. The van der Waals surface area contributed by atoms with Gasteiger partial charge >= 0.3 is 0 Å². The first-order valence-corrected chi connectivity index (χ1v) is 11.6. The molecule has 1 aliphatic heterocycles. The number of anilines is 1. The van der Waals surface area contributed by atoms with Gasteiger partial charge in [0.05, 0.1) is 48.1 Å². The number of thiazole rings is 1. The van der Waals surface area contributed by atoms with Crippen LogP contribution in [0.4, 0.5) is 5.13 Å². The second kappa shape index (κ2) is 9.35. The standard InChI is InChI=1S/C23H18ClN7O3S/c1-12-3-14(15-4-20(24)28-8-18(15)34-2)16(7-27-12)21(32)30-23-29-17-9-31(10-19(17)35-23)22(33)13-5-25-11-26-6-13/h3-8,11H,9-10H2,1-2H3,(H,29,30,32). The number of fused-ring (bicyclic) bond motifs is 1. The van der Waals surface area contributed by atoms with E-state index in [9.17, 15) is 9.59 Å². The summed E-state index contributed by atoms with van der Waals surface area (Å²) >= 11 is 7.45. The Balaban J connectivity index is 1.37. The maximum absolute atomic E-state index is 13.2. The summed E-state index contributed by atoms with van der Waals surface area (Å²) in [5.41, 5.74) is 3.48. The van der Waals surface area contributed by atoms with Gasteiger partial charge in [-0.25, -0.2) is 19.9 Å². The first-order valence-electron chi connectivity index (χ1n) is 10.4. The van der Waals surface area contributed by atoms with Gasteiger partial charge in [-0.2, -0.15) is 0 Å². The topological polar surface area (TPSA) is 123 Å². The van der Waals surface area contributed by atoms with Crippen molar-refractivity contribution in [2.75, 3.05) is 12.4 Å². The Labute approximate surface area is 209 Å². The number of hydrogen-bond acceptors (Lipinski definition) is 9. The van der Waals surface area contributed by atoms with Crippen LogP contribution in [0.15, 0.2) is 43.2 Å². The fourth-order valence-corrected chi connectivity index (χ4v) is 4.89. The van der Waals surface area contributed by atoms with E-state index in [1.807, 2.05) is 6.92 Å². The lowest BCUT2D eigenvalue weighted by molar-refractivity contribution is 0.0749. The Bertz CT molecular complexity index is 1420. The fourth-order valence-electron chi connectivity index (χ4n) is 3.75. The van der Waals surface area contributed by atoms with Crippen molar-refractivity contribution >= 4 is 39.9 Å². The number of nitrogens with one attached hydrogen (secondary N) is 1. The van der Waals surface area contributed by atoms with Crippen LogP contribution < -0.4 is 10.1 Å². The minimum atomic E-state index is -0.371. The highest BCUT2D eigenvalue weighted by atomic mass is 35.5. The number of ether oxygens (including phenoxy) is 1. The Morgan fingerprint density at radius 1 is 1.09 bits per heavy atom. The molecule has 0 saturated heterocycles. The van der Waals surface area contributed by atoms with E-state index in [1.165, 1.54) is 49.6 Å². The van der Waals surface area contributed by atoms with Crippen LogP contribution in [-0.2, 0) is 13.1 Å². The lowest BCUT2D eigenvalue weighted by Gasteiger charge is -2.15. The molecule has 0 fully saturated rings. The fraction of sp³-hybridized carbons (Fsp3) is 0.174. The van der Waals surface area contributed by atoms with Crippen LogP contribution in [-0.4, -0.2) is 48.7 Å². The van der Waals surface area contributed by atoms with Crippen molar-refractivity contribution in [1.29, 1.82) is 0 Å². The summed E-state index contributed by atoms with van der Waals surface area (Å²) in [6.07, 6.45) is 7.37. The molecule has 0 atom stereocenters. The molecule has 0 radical (unpaired) electrons. The number of nitrogens with zero attached hydrogens (tertiary/aromatic N) is 6. The average Bonchev–Trinajstić information content (AvgIpc) is 3.42. The van der Waals surface area contributed by atoms with Gasteiger partial charge in [-0.05, 0) is 19.1 Å². The van der Waals surface area contributed by atoms with Crippen LogP contribution in [0.1, 0.15) is 37.0 Å². The normalized spacial score (nSPS) is 12.4. The molecule has 10 nitrogen and oxygen atoms in total. The number of carbonyl (C=O) groups excluding carboxylic acids is 2. The maximum Gasteiger partial charge on any atom is 0.259 e. The summed E-state index contributed by atoms with van der Waals surface area (Å²) in [5.74, 6) is -0.0538. The van der Waals surface area contributed by atoms with Crippen LogP contribution >= 0.6 is 22.9 Å². The van der Waals surface area contributed by atoms with Crippen molar-refractivity contribution in [3.8, 4) is 16.9 Å². The Hall–Kier alpha value is -3.96. The van der Waals surface area contributed by atoms with E-state index >= 15 is 0 Å². The molecule has 1 N–H and O–H groups in total. The number of hydrogen-bond donors (Lipinski definition) is 1. The van der Waals surface area contributed by atoms with Crippen molar-refractivity contribution in [3.05, 3.63) is 75.8 Å². The zero-order valence-corrected chi connectivity index (χ0v) is 20.2. The molecule has 5 rings (SSSR count). The molecule has 0 unspecified atom stereocenters. The molecule has 0 aliphatic carbocycles. The summed E-state index contributed by atoms with van der Waals surface area (Å²) in [5, 5.41) is 3.58. The summed E-state index contributed by atoms with van der Waals surface area (Å²) < 4.78 is 5.43. The van der Waals surface area contributed by atoms with Crippen molar-refractivity contribution in [3.63, 3.8) is 0 Å². The van der Waals surface area contributed by atoms with Gasteiger partial charge in [0, 0.05) is 35.4 Å². The van der Waals surface area contributed by atoms with Gasteiger partial charge in [-0.3, -0.25) is 19.9 Å². The zero-order valence-electron chi connectivity index (χ0n) is 18.6. The number of pyridine rings is 2. The van der Waals surface area contributed by atoms with Gasteiger partial charge in [-0.1, -0.05) is 22.9 Å². The third kappa shape index (κ3) is 4.55. The molecular formula is C23H18ClN7O3S. The first kappa shape index (κ1) is 22.8. The van der Waals surface area contributed by atoms with E-state index in [2.05, 4.69) is 30.2 Å². The highest BCUT2D eigenvalue weighted by Crippen LogP contribution is 2.35. The van der Waals surface area contributed by atoms with E-state index in [0.717, 1.165) is 16.3 Å². The van der Waals surface area contributed by atoms with E-state index in [1.54, 1.807) is 17.0 Å². The molecule has 12 heteroatoms. The number of halogens is 1. The van der Waals surface area contributed by atoms with Crippen LogP contribution in [0.2, 0.25) is 5.15 Å². The number of methoxy groups -OCH3 is 1. The van der Waals surface area contributed by atoms with E-state index in [0.29, 0.717) is 46.2 Å². The van der Waals surface area contributed by atoms with Gasteiger partial charge in [0.1, 0.15) is 17.2 Å². The Morgan fingerprint density at radius 2 is 1.89 bits per heavy atom. The number of rotatable bonds is 5. The number of aromatic nitrogens is 5. The average molecular weight is 508 g/mol. The predicted octanol–water partition coefficient (Wildman–Crippen LogP) is 3.77. The van der Waals surface area contributed by atoms with Crippen LogP contribution in [0.25, 0.3) is 11.1 Å². The zero-order chi connectivity index (χ0) is 24.5.